The molecule has 3 rings (SSSR count). The third-order valence-corrected chi connectivity index (χ3v) is 4.81. The molecular weight excluding hydrogens is 461 g/mol. The first kappa shape index (κ1) is 25.0. The zero-order valence-corrected chi connectivity index (χ0v) is 17.9. The number of aliphatic hydroxyl groups excluding tert-OH is 1. The van der Waals surface area contributed by atoms with Gasteiger partial charge in [0.05, 0.1) is 12.3 Å². The van der Waals surface area contributed by atoms with E-state index in [4.69, 9.17) is 10.2 Å². The number of anilines is 1. The van der Waals surface area contributed by atoms with Crippen LogP contribution in [0.3, 0.4) is 0 Å². The van der Waals surface area contributed by atoms with Gasteiger partial charge in [0, 0.05) is 23.4 Å². The second-order valence-electron chi connectivity index (χ2n) is 7.72. The molecule has 14 heteroatoms. The highest BCUT2D eigenvalue weighted by atomic mass is 19.4. The number of aliphatic hydroxyl groups is 2. The molecular formula is C20H21F3N6O5. The summed E-state index contributed by atoms with van der Waals surface area (Å²) in [5.41, 5.74) is -0.264. The lowest BCUT2D eigenvalue weighted by Gasteiger charge is -2.29. The Bertz CT molecular complexity index is 1070. The Morgan fingerprint density at radius 1 is 1.18 bits per heavy atom. The highest BCUT2D eigenvalue weighted by Gasteiger charge is 2.44. The third-order valence-electron chi connectivity index (χ3n) is 4.81. The van der Waals surface area contributed by atoms with E-state index in [0.29, 0.717) is 4.90 Å². The fourth-order valence-corrected chi connectivity index (χ4v) is 3.00. The van der Waals surface area contributed by atoms with Crippen molar-refractivity contribution in [3.63, 3.8) is 0 Å². The molecule has 34 heavy (non-hydrogen) atoms. The number of nitrogens with one attached hydrogen (secondary N) is 2. The van der Waals surface area contributed by atoms with Crippen LogP contribution in [0.5, 0.6) is 0 Å². The molecule has 0 saturated heterocycles. The van der Waals surface area contributed by atoms with Crippen molar-refractivity contribution in [2.75, 3.05) is 11.4 Å². The molecule has 0 aliphatic carbocycles. The number of carbonyl (C=O) groups excluding carboxylic acids is 3. The largest absolute Gasteiger partial charge is 0.471 e. The molecule has 2 aliphatic rings. The van der Waals surface area contributed by atoms with Crippen LogP contribution in [0.2, 0.25) is 0 Å². The standard InChI is InChI=1S/C20H21F3N6O5/c1-9(2)15(30)27-19-26-14-13(16(31)28-19)25-11(7-24-14)8-29(18(34)20(21,22)23)12-5-3-10(4-6-12)17(32)33/h3-7,9,13-14,17,32-33H,8H2,1-2H3,(H2,26,27,28,30,31). The van der Waals surface area contributed by atoms with E-state index in [9.17, 15) is 27.6 Å². The molecule has 0 spiro atoms. The van der Waals surface area contributed by atoms with Gasteiger partial charge in [-0.1, -0.05) is 26.0 Å². The molecule has 4 N–H and O–H groups in total. The molecule has 182 valence electrons. The van der Waals surface area contributed by atoms with Crippen LogP contribution in [0.15, 0.2) is 39.2 Å². The van der Waals surface area contributed by atoms with Gasteiger partial charge >= 0.3 is 12.1 Å². The summed E-state index contributed by atoms with van der Waals surface area (Å²) >= 11 is 0. The minimum absolute atomic E-state index is 0.0136. The van der Waals surface area contributed by atoms with Gasteiger partial charge in [0.1, 0.15) is 0 Å². The SMILES string of the molecule is CC(C)C(=O)NC1=NC2N=CC(CN(C(=O)C(F)(F)F)c3ccc(C(O)O)cc3)=NC2C(=O)N1. The van der Waals surface area contributed by atoms with E-state index in [0.717, 1.165) is 30.5 Å². The first-order chi connectivity index (χ1) is 15.9. The van der Waals surface area contributed by atoms with Crippen LogP contribution in [0.25, 0.3) is 0 Å². The van der Waals surface area contributed by atoms with Gasteiger partial charge in [-0.2, -0.15) is 13.2 Å². The maximum Gasteiger partial charge on any atom is 0.471 e. The maximum absolute atomic E-state index is 13.2. The van der Waals surface area contributed by atoms with Gasteiger partial charge in [-0.15, -0.1) is 0 Å². The number of benzene rings is 1. The summed E-state index contributed by atoms with van der Waals surface area (Å²) in [6, 6.07) is 3.33. The Labute approximate surface area is 191 Å². The van der Waals surface area contributed by atoms with Crippen molar-refractivity contribution in [2.24, 2.45) is 20.9 Å². The van der Waals surface area contributed by atoms with Crippen LogP contribution in [-0.4, -0.2) is 70.7 Å². The lowest BCUT2D eigenvalue weighted by atomic mass is 10.1. The van der Waals surface area contributed by atoms with Crippen LogP contribution in [0.1, 0.15) is 25.7 Å². The molecule has 0 bridgehead atoms. The lowest BCUT2D eigenvalue weighted by molar-refractivity contribution is -0.170. The van der Waals surface area contributed by atoms with E-state index in [-0.39, 0.29) is 34.7 Å². The Kier molecular flexibility index (Phi) is 7.12. The van der Waals surface area contributed by atoms with E-state index >= 15 is 0 Å². The van der Waals surface area contributed by atoms with Gasteiger partial charge in [-0.05, 0) is 12.1 Å². The summed E-state index contributed by atoms with van der Waals surface area (Å²) in [5.74, 6) is -3.73. The summed E-state index contributed by atoms with van der Waals surface area (Å²) in [5, 5.41) is 23.1. The van der Waals surface area contributed by atoms with Gasteiger partial charge < -0.3 is 10.2 Å². The number of guanidine groups is 1. The zero-order chi connectivity index (χ0) is 25.2. The summed E-state index contributed by atoms with van der Waals surface area (Å²) in [6.07, 6.45) is -6.97. The van der Waals surface area contributed by atoms with Gasteiger partial charge in [-0.3, -0.25) is 39.9 Å². The fourth-order valence-electron chi connectivity index (χ4n) is 3.00. The van der Waals surface area contributed by atoms with Crippen molar-refractivity contribution in [2.45, 2.75) is 38.5 Å². The number of aliphatic imine (C=N–C) groups is 3. The van der Waals surface area contributed by atoms with Gasteiger partial charge in [0.15, 0.2) is 18.5 Å². The second kappa shape index (κ2) is 9.69. The average Bonchev–Trinajstić information content (AvgIpc) is 2.76. The van der Waals surface area contributed by atoms with E-state index in [1.807, 2.05) is 0 Å². The topological polar surface area (TPSA) is 156 Å². The number of alkyl halides is 3. The Morgan fingerprint density at radius 2 is 1.82 bits per heavy atom. The normalized spacial score (nSPS) is 19.9. The molecule has 0 aromatic heterocycles. The highest BCUT2D eigenvalue weighted by molar-refractivity contribution is 6.34. The van der Waals surface area contributed by atoms with E-state index in [2.05, 4.69) is 25.6 Å². The van der Waals surface area contributed by atoms with Crippen LogP contribution >= 0.6 is 0 Å². The number of amides is 3. The summed E-state index contributed by atoms with van der Waals surface area (Å²) in [4.78, 5) is 49.0. The van der Waals surface area contributed by atoms with Gasteiger partial charge in [-0.25, -0.2) is 4.99 Å². The molecule has 3 amide bonds. The molecule has 2 aliphatic heterocycles. The van der Waals surface area contributed by atoms with Crippen molar-refractivity contribution in [1.82, 2.24) is 10.6 Å². The zero-order valence-electron chi connectivity index (χ0n) is 17.9. The third kappa shape index (κ3) is 5.63. The van der Waals surface area contributed by atoms with Crippen LogP contribution in [0, 0.1) is 5.92 Å². The lowest BCUT2D eigenvalue weighted by Crippen LogP contribution is -2.56. The van der Waals surface area contributed by atoms with E-state index < -0.39 is 43.0 Å². The van der Waals surface area contributed by atoms with Gasteiger partial charge in [0.25, 0.3) is 5.91 Å². The van der Waals surface area contributed by atoms with Crippen LogP contribution in [-0.2, 0) is 14.4 Å². The highest BCUT2D eigenvalue weighted by Crippen LogP contribution is 2.25. The molecule has 1 aromatic carbocycles. The van der Waals surface area contributed by atoms with Crippen molar-refractivity contribution in [1.29, 1.82) is 0 Å². The first-order valence-corrected chi connectivity index (χ1v) is 10.0. The smallest absolute Gasteiger partial charge is 0.364 e. The van der Waals surface area contributed by atoms with Crippen molar-refractivity contribution in [3.05, 3.63) is 29.8 Å². The number of carbonyl (C=O) groups is 3. The average molecular weight is 482 g/mol. The monoisotopic (exact) mass is 482 g/mol. The summed E-state index contributed by atoms with van der Waals surface area (Å²) in [7, 11) is 0. The molecule has 2 atom stereocenters. The van der Waals surface area contributed by atoms with Gasteiger partial charge in [0.2, 0.25) is 11.9 Å². The summed E-state index contributed by atoms with van der Waals surface area (Å²) < 4.78 is 39.7. The van der Waals surface area contributed by atoms with Crippen molar-refractivity contribution < 1.29 is 37.8 Å². The van der Waals surface area contributed by atoms with E-state index in [1.54, 1.807) is 13.8 Å². The molecule has 2 heterocycles. The Hall–Kier alpha value is -3.65. The second-order valence-corrected chi connectivity index (χ2v) is 7.72. The van der Waals surface area contributed by atoms with Crippen molar-refractivity contribution in [3.8, 4) is 0 Å². The number of hydrogen-bond acceptors (Lipinski definition) is 8. The Balaban J connectivity index is 1.84. The van der Waals surface area contributed by atoms with Crippen LogP contribution in [0.4, 0.5) is 18.9 Å². The molecule has 11 nitrogen and oxygen atoms in total. The maximum atomic E-state index is 13.2. The predicted molar refractivity (Wildman–Crippen MR) is 114 cm³/mol. The quantitative estimate of drug-likeness (QED) is 0.436. The molecule has 2 unspecified atom stereocenters. The van der Waals surface area contributed by atoms with Crippen molar-refractivity contribution >= 4 is 41.3 Å². The fraction of sp³-hybridized carbons (Fsp3) is 0.400. The number of halogens is 3. The first-order valence-electron chi connectivity index (χ1n) is 10.0. The molecule has 0 saturated carbocycles. The number of fused-ring (bicyclic) bond motifs is 1. The molecule has 1 aromatic rings. The minimum atomic E-state index is -5.21. The van der Waals surface area contributed by atoms with E-state index in [1.165, 1.54) is 0 Å². The molecule has 0 fully saturated rings. The number of nitrogens with zero attached hydrogens (tertiary/aromatic N) is 4. The minimum Gasteiger partial charge on any atom is -0.364 e. The number of hydrogen-bond donors (Lipinski definition) is 4. The summed E-state index contributed by atoms with van der Waals surface area (Å²) in [6.45, 7) is 2.62. The molecule has 0 radical (unpaired) electrons. The predicted octanol–water partition coefficient (Wildman–Crippen LogP) is 0.0432. The van der Waals surface area contributed by atoms with Crippen LogP contribution < -0.4 is 15.5 Å². The Morgan fingerprint density at radius 3 is 2.38 bits per heavy atom. The number of rotatable bonds is 5.